The number of aliphatic hydroxyl groups excluding tert-OH is 1. The number of nitrogens with one attached hydrogen (secondary N) is 1. The molecule has 6 rings (SSSR count). The maximum atomic E-state index is 13.8. The average Bonchev–Trinajstić information content (AvgIpc) is 3.72. The summed E-state index contributed by atoms with van der Waals surface area (Å²) in [6, 6.07) is 14.9. The van der Waals surface area contributed by atoms with E-state index < -0.39 is 34.7 Å². The van der Waals surface area contributed by atoms with Crippen LogP contribution in [0.2, 0.25) is 0 Å². The fourth-order valence-corrected chi connectivity index (χ4v) is 6.24. The first-order chi connectivity index (χ1) is 20.6. The second kappa shape index (κ2) is 11.2. The van der Waals surface area contributed by atoms with Gasteiger partial charge in [-0.05, 0) is 54.8 Å². The highest BCUT2D eigenvalue weighted by atomic mass is 32.2. The van der Waals surface area contributed by atoms with Crippen molar-refractivity contribution in [2.75, 3.05) is 19.0 Å². The van der Waals surface area contributed by atoms with Crippen LogP contribution >= 0.6 is 0 Å². The zero-order chi connectivity index (χ0) is 30.4. The van der Waals surface area contributed by atoms with Crippen LogP contribution in [0.5, 0.6) is 11.5 Å². The largest absolute Gasteiger partial charge is 0.586 e. The SMILES string of the molecule is CCS(=O)(=O)c1ccc([C@H](CO)NC(=O)c2ccc3c(c2)nc([C@H]2CCCO2)n3Cc2cccc3c2OC(F)(F)O3)cc1. The van der Waals surface area contributed by atoms with Gasteiger partial charge < -0.3 is 29.2 Å². The number of alkyl halides is 2. The highest BCUT2D eigenvalue weighted by Crippen LogP contribution is 2.44. The number of carbonyl (C=O) groups excluding carboxylic acids is 1. The number of halogens is 2. The number of aliphatic hydroxyl groups is 1. The van der Waals surface area contributed by atoms with Crippen LogP contribution in [0, 0.1) is 0 Å². The van der Waals surface area contributed by atoms with Gasteiger partial charge in [0.05, 0.1) is 40.9 Å². The van der Waals surface area contributed by atoms with E-state index in [2.05, 4.69) is 10.1 Å². The van der Waals surface area contributed by atoms with Crippen LogP contribution < -0.4 is 14.8 Å². The van der Waals surface area contributed by atoms with Gasteiger partial charge in [-0.1, -0.05) is 31.2 Å². The predicted octanol–water partition coefficient (Wildman–Crippen LogP) is 4.51. The summed E-state index contributed by atoms with van der Waals surface area (Å²) in [7, 11) is -3.38. The lowest BCUT2D eigenvalue weighted by Crippen LogP contribution is -2.30. The molecule has 10 nitrogen and oxygen atoms in total. The summed E-state index contributed by atoms with van der Waals surface area (Å²) in [6.45, 7) is 1.87. The summed E-state index contributed by atoms with van der Waals surface area (Å²) < 4.78 is 69.1. The minimum atomic E-state index is -3.75. The molecule has 0 radical (unpaired) electrons. The molecule has 2 N–H and O–H groups in total. The van der Waals surface area contributed by atoms with Gasteiger partial charge in [-0.15, -0.1) is 8.78 Å². The Balaban J connectivity index is 1.29. The second-order valence-electron chi connectivity index (χ2n) is 10.4. The number of sulfone groups is 1. The number of hydrogen-bond donors (Lipinski definition) is 2. The molecule has 0 unspecified atom stereocenters. The first-order valence-electron chi connectivity index (χ1n) is 13.8. The summed E-state index contributed by atoms with van der Waals surface area (Å²) >= 11 is 0. The van der Waals surface area contributed by atoms with Crippen LogP contribution in [-0.4, -0.2) is 54.2 Å². The van der Waals surface area contributed by atoms with E-state index in [0.29, 0.717) is 34.6 Å². The molecule has 43 heavy (non-hydrogen) atoms. The quantitative estimate of drug-likeness (QED) is 0.282. The van der Waals surface area contributed by atoms with Crippen molar-refractivity contribution >= 4 is 26.8 Å². The van der Waals surface area contributed by atoms with Crippen molar-refractivity contribution < 1.29 is 41.3 Å². The molecular formula is C30H29F2N3O7S. The van der Waals surface area contributed by atoms with Gasteiger partial charge in [0, 0.05) is 17.7 Å². The molecule has 1 amide bonds. The third-order valence-electron chi connectivity index (χ3n) is 7.61. The minimum absolute atomic E-state index is 0.0367. The van der Waals surface area contributed by atoms with E-state index in [1.165, 1.54) is 18.2 Å². The lowest BCUT2D eigenvalue weighted by Gasteiger charge is -2.17. The van der Waals surface area contributed by atoms with E-state index >= 15 is 0 Å². The number of benzene rings is 3. The van der Waals surface area contributed by atoms with Crippen molar-refractivity contribution in [1.29, 1.82) is 0 Å². The molecule has 13 heteroatoms. The number of nitrogens with zero attached hydrogens (tertiary/aromatic N) is 2. The van der Waals surface area contributed by atoms with Crippen LogP contribution in [0.4, 0.5) is 8.78 Å². The fraction of sp³-hybridized carbons (Fsp3) is 0.333. The van der Waals surface area contributed by atoms with Crippen molar-refractivity contribution in [2.45, 2.75) is 49.6 Å². The summed E-state index contributed by atoms with van der Waals surface area (Å²) in [6.07, 6.45) is -2.48. The Kier molecular flexibility index (Phi) is 7.57. The van der Waals surface area contributed by atoms with Crippen molar-refractivity contribution in [3.8, 4) is 11.5 Å². The Morgan fingerprint density at radius 1 is 1.16 bits per heavy atom. The van der Waals surface area contributed by atoms with E-state index in [9.17, 15) is 27.1 Å². The first-order valence-corrected chi connectivity index (χ1v) is 15.5. The number of rotatable bonds is 9. The molecule has 3 aromatic carbocycles. The molecule has 226 valence electrons. The molecule has 1 aromatic heterocycles. The summed E-state index contributed by atoms with van der Waals surface area (Å²) in [5.41, 5.74) is 2.47. The summed E-state index contributed by atoms with van der Waals surface area (Å²) in [5.74, 6) is 0.00534. The van der Waals surface area contributed by atoms with E-state index in [4.69, 9.17) is 14.5 Å². The smallest absolute Gasteiger partial charge is 0.395 e. The summed E-state index contributed by atoms with van der Waals surface area (Å²) in [4.78, 5) is 18.2. The fourth-order valence-electron chi connectivity index (χ4n) is 5.35. The molecule has 3 heterocycles. The first kappa shape index (κ1) is 29.0. The van der Waals surface area contributed by atoms with Gasteiger partial charge in [-0.2, -0.15) is 0 Å². The molecule has 2 atom stereocenters. The second-order valence-corrected chi connectivity index (χ2v) is 12.6. The van der Waals surface area contributed by atoms with Gasteiger partial charge in [-0.25, -0.2) is 13.4 Å². The van der Waals surface area contributed by atoms with Gasteiger partial charge in [0.2, 0.25) is 0 Å². The number of ether oxygens (including phenoxy) is 3. The third-order valence-corrected chi connectivity index (χ3v) is 9.36. The zero-order valence-corrected chi connectivity index (χ0v) is 23.9. The lowest BCUT2D eigenvalue weighted by molar-refractivity contribution is -0.287. The maximum absolute atomic E-state index is 13.8. The average molecular weight is 614 g/mol. The molecule has 0 aliphatic carbocycles. The number of para-hydroxylation sites is 1. The van der Waals surface area contributed by atoms with Gasteiger partial charge in [0.1, 0.15) is 11.9 Å². The Bertz CT molecular complexity index is 1790. The number of carbonyl (C=O) groups is 1. The number of aromatic nitrogens is 2. The highest BCUT2D eigenvalue weighted by Gasteiger charge is 2.44. The number of amides is 1. The number of fused-ring (bicyclic) bond motifs is 2. The Morgan fingerprint density at radius 3 is 2.65 bits per heavy atom. The van der Waals surface area contributed by atoms with Crippen molar-refractivity contribution in [1.82, 2.24) is 14.9 Å². The molecule has 0 bridgehead atoms. The number of hydrogen-bond acceptors (Lipinski definition) is 8. The van der Waals surface area contributed by atoms with Gasteiger partial charge in [0.25, 0.3) is 5.91 Å². The van der Waals surface area contributed by atoms with Crippen LogP contribution in [0.15, 0.2) is 65.6 Å². The molecule has 2 aliphatic heterocycles. The monoisotopic (exact) mass is 613 g/mol. The van der Waals surface area contributed by atoms with E-state index in [-0.39, 0.29) is 40.4 Å². The zero-order valence-electron chi connectivity index (χ0n) is 23.1. The topological polar surface area (TPSA) is 129 Å². The minimum Gasteiger partial charge on any atom is -0.395 e. The Morgan fingerprint density at radius 2 is 1.95 bits per heavy atom. The third kappa shape index (κ3) is 5.67. The Labute approximate surface area is 246 Å². The van der Waals surface area contributed by atoms with Gasteiger partial charge in [-0.3, -0.25) is 4.79 Å². The van der Waals surface area contributed by atoms with E-state index in [0.717, 1.165) is 12.8 Å². The highest BCUT2D eigenvalue weighted by molar-refractivity contribution is 7.91. The maximum Gasteiger partial charge on any atom is 0.586 e. The predicted molar refractivity (Wildman–Crippen MR) is 151 cm³/mol. The Hall–Kier alpha value is -4.07. The molecule has 0 spiro atoms. The van der Waals surface area contributed by atoms with Crippen LogP contribution in [-0.2, 0) is 21.1 Å². The van der Waals surface area contributed by atoms with Crippen LogP contribution in [0.3, 0.4) is 0 Å². The lowest BCUT2D eigenvalue weighted by atomic mass is 10.1. The van der Waals surface area contributed by atoms with E-state index in [1.807, 2.05) is 4.57 Å². The van der Waals surface area contributed by atoms with Crippen molar-refractivity contribution in [3.05, 3.63) is 83.2 Å². The van der Waals surface area contributed by atoms with Gasteiger partial charge >= 0.3 is 6.29 Å². The molecule has 0 saturated carbocycles. The standard InChI is InChI=1S/C30H29F2N3O7S/c1-2-43(38,39)21-11-8-18(9-12-21)23(17-36)34-29(37)19-10-13-24-22(15-19)33-28(26-7-4-14-40-26)35(24)16-20-5-3-6-25-27(20)42-30(31,32)41-25/h3,5-6,8-13,15,23,26,36H,2,4,7,14,16-17H2,1H3,(H,34,37)/t23-,26+/m0/s1. The van der Waals surface area contributed by atoms with Crippen LogP contribution in [0.1, 0.15) is 59.2 Å². The summed E-state index contributed by atoms with van der Waals surface area (Å²) in [5, 5.41) is 12.8. The van der Waals surface area contributed by atoms with Gasteiger partial charge in [0.15, 0.2) is 21.3 Å². The molecule has 2 aliphatic rings. The molecular weight excluding hydrogens is 584 g/mol. The van der Waals surface area contributed by atoms with Crippen molar-refractivity contribution in [3.63, 3.8) is 0 Å². The van der Waals surface area contributed by atoms with Crippen molar-refractivity contribution in [2.24, 2.45) is 0 Å². The van der Waals surface area contributed by atoms with Crippen LogP contribution in [0.25, 0.3) is 11.0 Å². The number of imidazole rings is 1. The van der Waals surface area contributed by atoms with E-state index in [1.54, 1.807) is 49.4 Å². The normalized spacial score (nSPS) is 18.2. The molecule has 1 saturated heterocycles. The molecule has 1 fully saturated rings. The molecule has 4 aromatic rings.